The highest BCUT2D eigenvalue weighted by Gasteiger charge is 2.33. The summed E-state index contributed by atoms with van der Waals surface area (Å²) < 4.78 is 12.9. The van der Waals surface area contributed by atoms with Gasteiger partial charge in [0.2, 0.25) is 0 Å². The highest BCUT2D eigenvalue weighted by atomic mass is 16.5. The van der Waals surface area contributed by atoms with Gasteiger partial charge >= 0.3 is 6.03 Å². The first-order valence-corrected chi connectivity index (χ1v) is 16.5. The average Bonchev–Trinajstić information content (AvgIpc) is 3.10. The second kappa shape index (κ2) is 15.1. The van der Waals surface area contributed by atoms with Gasteiger partial charge < -0.3 is 24.6 Å². The van der Waals surface area contributed by atoms with E-state index in [1.165, 1.54) is 37.7 Å². The number of urea groups is 1. The number of hydrogen-bond acceptors (Lipinski definition) is 4. The Bertz CT molecular complexity index is 1510. The third-order valence-electron chi connectivity index (χ3n) is 9.22. The minimum atomic E-state index is -0.228. The molecule has 0 saturated heterocycles. The van der Waals surface area contributed by atoms with E-state index < -0.39 is 0 Å². The summed E-state index contributed by atoms with van der Waals surface area (Å²) in [6, 6.07) is 35.3. The summed E-state index contributed by atoms with van der Waals surface area (Å²) in [6.45, 7) is 2.99. The standard InChI is InChI=1S/C39H45N3O3/c1-41(34-20-12-5-13-21-34)25-23-40-39(43)42-24-22-33-26-36(44-28-30-14-6-2-7-15-30)37(45-29-31-16-8-3-9-17-31)27-35(33)38(42)32-18-10-4-11-19-32/h2-4,6-11,14-19,26-27,34,38H,5,12-13,20-25,28-29H2,1H3,(H,40,43). The first-order valence-electron chi connectivity index (χ1n) is 16.5. The number of carbonyl (C=O) groups is 1. The Balaban J connectivity index is 1.25. The number of nitrogens with zero attached hydrogens (tertiary/aromatic N) is 2. The highest BCUT2D eigenvalue weighted by Crippen LogP contribution is 2.41. The molecule has 234 valence electrons. The van der Waals surface area contributed by atoms with Crippen LogP contribution in [-0.2, 0) is 19.6 Å². The van der Waals surface area contributed by atoms with Crippen LogP contribution in [0.2, 0.25) is 0 Å². The first-order chi connectivity index (χ1) is 22.2. The second-order valence-electron chi connectivity index (χ2n) is 12.3. The third kappa shape index (κ3) is 7.87. The SMILES string of the molecule is CN(CCNC(=O)N1CCc2cc(OCc3ccccc3)c(OCc3ccccc3)cc2C1c1ccccc1)C1CCCCC1. The van der Waals surface area contributed by atoms with E-state index in [0.29, 0.717) is 38.1 Å². The fourth-order valence-corrected chi connectivity index (χ4v) is 6.68. The Kier molecular flexibility index (Phi) is 10.3. The van der Waals surface area contributed by atoms with Crippen LogP contribution in [0.4, 0.5) is 4.79 Å². The summed E-state index contributed by atoms with van der Waals surface area (Å²) >= 11 is 0. The quantitative estimate of drug-likeness (QED) is 0.190. The van der Waals surface area contributed by atoms with Crippen molar-refractivity contribution < 1.29 is 14.3 Å². The molecule has 1 unspecified atom stereocenters. The summed E-state index contributed by atoms with van der Waals surface area (Å²) in [7, 11) is 2.19. The average molecular weight is 604 g/mol. The van der Waals surface area contributed by atoms with Crippen molar-refractivity contribution in [3.8, 4) is 11.5 Å². The molecule has 1 aliphatic carbocycles. The van der Waals surface area contributed by atoms with Crippen LogP contribution in [0.1, 0.15) is 66.0 Å². The monoisotopic (exact) mass is 603 g/mol. The number of ether oxygens (including phenoxy) is 2. The number of carbonyl (C=O) groups excluding carboxylic acids is 1. The maximum atomic E-state index is 13.8. The van der Waals surface area contributed by atoms with E-state index in [-0.39, 0.29) is 12.1 Å². The van der Waals surface area contributed by atoms with Crippen LogP contribution in [0, 0.1) is 0 Å². The van der Waals surface area contributed by atoms with Gasteiger partial charge in [0.25, 0.3) is 0 Å². The largest absolute Gasteiger partial charge is 0.485 e. The van der Waals surface area contributed by atoms with Gasteiger partial charge in [0.1, 0.15) is 13.2 Å². The minimum absolute atomic E-state index is 0.0253. The van der Waals surface area contributed by atoms with E-state index >= 15 is 0 Å². The Morgan fingerprint density at radius 3 is 2.00 bits per heavy atom. The smallest absolute Gasteiger partial charge is 0.318 e. The molecule has 0 aromatic heterocycles. The van der Waals surface area contributed by atoms with Crippen molar-refractivity contribution in [1.82, 2.24) is 15.1 Å². The lowest BCUT2D eigenvalue weighted by Crippen LogP contribution is -2.48. The van der Waals surface area contributed by atoms with Gasteiger partial charge in [-0.3, -0.25) is 0 Å². The van der Waals surface area contributed by atoms with E-state index in [1.807, 2.05) is 59.5 Å². The molecule has 2 aliphatic rings. The maximum absolute atomic E-state index is 13.8. The summed E-state index contributed by atoms with van der Waals surface area (Å²) in [4.78, 5) is 18.2. The zero-order chi connectivity index (χ0) is 30.8. The molecule has 0 bridgehead atoms. The summed E-state index contributed by atoms with van der Waals surface area (Å²) in [6.07, 6.45) is 7.23. The molecule has 1 N–H and O–H groups in total. The van der Waals surface area contributed by atoms with Crippen LogP contribution >= 0.6 is 0 Å². The summed E-state index contributed by atoms with van der Waals surface area (Å²) in [5, 5.41) is 3.25. The highest BCUT2D eigenvalue weighted by molar-refractivity contribution is 5.76. The molecule has 1 atom stereocenters. The number of benzene rings is 4. The lowest BCUT2D eigenvalue weighted by atomic mass is 9.88. The molecule has 2 amide bonds. The van der Waals surface area contributed by atoms with Gasteiger partial charge in [0.15, 0.2) is 11.5 Å². The molecule has 6 nitrogen and oxygen atoms in total. The van der Waals surface area contributed by atoms with Gasteiger partial charge in [0.05, 0.1) is 6.04 Å². The van der Waals surface area contributed by atoms with Gasteiger partial charge in [-0.25, -0.2) is 4.79 Å². The fourth-order valence-electron chi connectivity index (χ4n) is 6.68. The van der Waals surface area contributed by atoms with Crippen molar-refractivity contribution in [2.24, 2.45) is 0 Å². The van der Waals surface area contributed by atoms with Crippen molar-refractivity contribution in [1.29, 1.82) is 0 Å². The predicted octanol–water partition coefficient (Wildman–Crippen LogP) is 7.77. The molecule has 1 saturated carbocycles. The van der Waals surface area contributed by atoms with Crippen molar-refractivity contribution in [2.45, 2.75) is 63.8 Å². The lowest BCUT2D eigenvalue weighted by Gasteiger charge is -2.38. The van der Waals surface area contributed by atoms with Gasteiger partial charge in [-0.15, -0.1) is 0 Å². The second-order valence-corrected chi connectivity index (χ2v) is 12.3. The third-order valence-corrected chi connectivity index (χ3v) is 9.22. The Hall–Kier alpha value is -4.29. The Labute approximate surface area is 268 Å². The zero-order valence-corrected chi connectivity index (χ0v) is 26.4. The number of rotatable bonds is 11. The number of likely N-dealkylation sites (N-methyl/N-ethyl adjacent to an activating group) is 1. The van der Waals surface area contributed by atoms with Crippen LogP contribution < -0.4 is 14.8 Å². The summed E-state index contributed by atoms with van der Waals surface area (Å²) in [5.74, 6) is 1.41. The molecule has 45 heavy (non-hydrogen) atoms. The first kappa shape index (κ1) is 30.7. The molecule has 6 rings (SSSR count). The fraction of sp³-hybridized carbons (Fsp3) is 0.359. The Morgan fingerprint density at radius 2 is 1.38 bits per heavy atom. The number of hydrogen-bond donors (Lipinski definition) is 1. The number of fused-ring (bicyclic) bond motifs is 1. The van der Waals surface area contributed by atoms with E-state index in [4.69, 9.17) is 9.47 Å². The maximum Gasteiger partial charge on any atom is 0.318 e. The van der Waals surface area contributed by atoms with Crippen molar-refractivity contribution >= 4 is 6.03 Å². The molecule has 6 heteroatoms. The summed E-state index contributed by atoms with van der Waals surface area (Å²) in [5.41, 5.74) is 5.53. The van der Waals surface area contributed by atoms with Crippen molar-refractivity contribution in [3.63, 3.8) is 0 Å². The van der Waals surface area contributed by atoms with Gasteiger partial charge in [-0.05, 0) is 66.3 Å². The molecule has 4 aromatic carbocycles. The van der Waals surface area contributed by atoms with E-state index in [0.717, 1.165) is 41.0 Å². The normalized spacial score (nSPS) is 16.7. The number of amides is 2. The van der Waals surface area contributed by atoms with Crippen LogP contribution in [-0.4, -0.2) is 48.6 Å². The van der Waals surface area contributed by atoms with Crippen LogP contribution in [0.5, 0.6) is 11.5 Å². The molecule has 0 radical (unpaired) electrons. The minimum Gasteiger partial charge on any atom is -0.485 e. The molecule has 1 fully saturated rings. The molecule has 1 aliphatic heterocycles. The van der Waals surface area contributed by atoms with E-state index in [1.54, 1.807) is 0 Å². The molecular formula is C39H45N3O3. The van der Waals surface area contributed by atoms with Gasteiger partial charge in [-0.2, -0.15) is 0 Å². The van der Waals surface area contributed by atoms with Crippen molar-refractivity contribution in [3.05, 3.63) is 131 Å². The van der Waals surface area contributed by atoms with Gasteiger partial charge in [0, 0.05) is 25.7 Å². The lowest BCUT2D eigenvalue weighted by molar-refractivity contribution is 0.170. The predicted molar refractivity (Wildman–Crippen MR) is 180 cm³/mol. The number of nitrogens with one attached hydrogen (secondary N) is 1. The molecule has 0 spiro atoms. The van der Waals surface area contributed by atoms with Crippen LogP contribution in [0.15, 0.2) is 103 Å². The zero-order valence-electron chi connectivity index (χ0n) is 26.4. The molecule has 4 aromatic rings. The Morgan fingerprint density at radius 1 is 0.800 bits per heavy atom. The molecular weight excluding hydrogens is 558 g/mol. The van der Waals surface area contributed by atoms with E-state index in [2.05, 4.69) is 65.8 Å². The topological polar surface area (TPSA) is 54.0 Å². The van der Waals surface area contributed by atoms with Gasteiger partial charge in [-0.1, -0.05) is 110 Å². The molecule has 1 heterocycles. The van der Waals surface area contributed by atoms with Crippen LogP contribution in [0.3, 0.4) is 0 Å². The van der Waals surface area contributed by atoms with Crippen LogP contribution in [0.25, 0.3) is 0 Å². The van der Waals surface area contributed by atoms with E-state index in [9.17, 15) is 4.79 Å². The van der Waals surface area contributed by atoms with Crippen molar-refractivity contribution in [2.75, 3.05) is 26.7 Å².